The van der Waals surface area contributed by atoms with Crippen molar-refractivity contribution in [2.45, 2.75) is 44.8 Å². The topological polar surface area (TPSA) is 32.7 Å². The summed E-state index contributed by atoms with van der Waals surface area (Å²) in [6.45, 7) is 6.14. The fourth-order valence-electron chi connectivity index (χ4n) is 4.24. The average molecular weight is 372 g/mol. The van der Waals surface area contributed by atoms with E-state index in [2.05, 4.69) is 11.9 Å². The van der Waals surface area contributed by atoms with Gasteiger partial charge < -0.3 is 4.90 Å². The first-order chi connectivity index (χ1) is 12.6. The molecule has 27 heavy (non-hydrogen) atoms. The van der Waals surface area contributed by atoms with Crippen LogP contribution in [0, 0.1) is 0 Å². The third kappa shape index (κ3) is 2.74. The Kier molecular flexibility index (Phi) is 3.74. The zero-order valence-electron chi connectivity index (χ0n) is 15.3. The minimum atomic E-state index is -4.45. The van der Waals surface area contributed by atoms with Gasteiger partial charge in [-0.15, -0.1) is 0 Å². The summed E-state index contributed by atoms with van der Waals surface area (Å²) in [5.41, 5.74) is 1.77. The maximum Gasteiger partial charge on any atom is 0.416 e. The molecule has 2 heterocycles. The van der Waals surface area contributed by atoms with Crippen LogP contribution in [-0.4, -0.2) is 17.2 Å². The summed E-state index contributed by atoms with van der Waals surface area (Å²) in [6.07, 6.45) is -3.64. The van der Waals surface area contributed by atoms with Crippen LogP contribution in [0.1, 0.15) is 49.8 Å². The number of carbonyl (C=O) groups is 1. The Balaban J connectivity index is 1.88. The first-order valence-electron chi connectivity index (χ1n) is 8.83. The minimum Gasteiger partial charge on any atom is -0.300 e. The van der Waals surface area contributed by atoms with E-state index in [9.17, 15) is 18.0 Å². The lowest BCUT2D eigenvalue weighted by Crippen LogP contribution is -2.50. The summed E-state index contributed by atoms with van der Waals surface area (Å²) >= 11 is 0. The zero-order chi connectivity index (χ0) is 19.6. The number of carbonyl (C=O) groups excluding carboxylic acids is 1. The number of alkyl halides is 3. The third-order valence-corrected chi connectivity index (χ3v) is 5.31. The normalized spacial score (nSPS) is 22.3. The Morgan fingerprint density at radius 1 is 1.15 bits per heavy atom. The van der Waals surface area contributed by atoms with Crippen molar-refractivity contribution < 1.29 is 18.0 Å². The van der Waals surface area contributed by atoms with Crippen LogP contribution in [0.3, 0.4) is 0 Å². The summed E-state index contributed by atoms with van der Waals surface area (Å²) in [7, 11) is 0. The van der Waals surface area contributed by atoms with E-state index < -0.39 is 11.7 Å². The van der Waals surface area contributed by atoms with E-state index >= 15 is 0 Å². The van der Waals surface area contributed by atoms with Crippen molar-refractivity contribution in [2.75, 3.05) is 4.90 Å². The van der Waals surface area contributed by atoms with E-state index in [-0.39, 0.29) is 28.8 Å². The number of hydrogen-bond donors (Lipinski definition) is 0. The third-order valence-electron chi connectivity index (χ3n) is 5.31. The van der Waals surface area contributed by atoms with Crippen molar-refractivity contribution in [3.05, 3.63) is 59.2 Å². The molecule has 0 unspecified atom stereocenters. The first-order valence-corrected chi connectivity index (χ1v) is 8.83. The largest absolute Gasteiger partial charge is 0.416 e. The molecule has 1 atom stereocenters. The molecule has 0 bridgehead atoms. The SMILES string of the molecule is C[C@H]1CC(C)(C)N2C(=O)C(=Nc3cccc(C(F)(F)F)c3)c3cccc1c32. The van der Waals surface area contributed by atoms with E-state index in [0.29, 0.717) is 5.56 Å². The van der Waals surface area contributed by atoms with Gasteiger partial charge in [-0.3, -0.25) is 4.79 Å². The van der Waals surface area contributed by atoms with Crippen molar-refractivity contribution in [3.8, 4) is 0 Å². The van der Waals surface area contributed by atoms with E-state index in [0.717, 1.165) is 29.8 Å². The van der Waals surface area contributed by atoms with E-state index in [1.165, 1.54) is 12.1 Å². The van der Waals surface area contributed by atoms with Crippen molar-refractivity contribution in [2.24, 2.45) is 4.99 Å². The van der Waals surface area contributed by atoms with Crippen molar-refractivity contribution >= 4 is 23.0 Å². The number of nitrogens with zero attached hydrogens (tertiary/aromatic N) is 2. The summed E-state index contributed by atoms with van der Waals surface area (Å²) in [5.74, 6) is 0.0265. The quantitative estimate of drug-likeness (QED) is 0.654. The van der Waals surface area contributed by atoms with Crippen LogP contribution >= 0.6 is 0 Å². The molecule has 0 saturated heterocycles. The molecular formula is C21H19F3N2O. The van der Waals surface area contributed by atoms with Gasteiger partial charge in [0, 0.05) is 11.1 Å². The first kappa shape index (κ1) is 17.8. The fraction of sp³-hybridized carbons (Fsp3) is 0.333. The second kappa shape index (κ2) is 5.68. The summed E-state index contributed by atoms with van der Waals surface area (Å²) in [6, 6.07) is 10.5. The van der Waals surface area contributed by atoms with Gasteiger partial charge in [-0.25, -0.2) is 4.99 Å². The number of hydrogen-bond acceptors (Lipinski definition) is 2. The van der Waals surface area contributed by atoms with Crippen molar-refractivity contribution in [3.63, 3.8) is 0 Å². The molecule has 3 nitrogen and oxygen atoms in total. The van der Waals surface area contributed by atoms with E-state index in [1.807, 2.05) is 32.0 Å². The van der Waals surface area contributed by atoms with E-state index in [1.54, 1.807) is 4.90 Å². The van der Waals surface area contributed by atoms with Crippen LogP contribution in [-0.2, 0) is 11.0 Å². The summed E-state index contributed by atoms with van der Waals surface area (Å²) in [4.78, 5) is 19.3. The smallest absolute Gasteiger partial charge is 0.300 e. The molecule has 0 N–H and O–H groups in total. The number of rotatable bonds is 1. The number of benzene rings is 2. The molecule has 140 valence electrons. The Labute approximate surface area is 155 Å². The van der Waals surface area contributed by atoms with Gasteiger partial charge in [-0.05, 0) is 49.9 Å². The highest BCUT2D eigenvalue weighted by atomic mass is 19.4. The van der Waals surface area contributed by atoms with Gasteiger partial charge in [0.15, 0.2) is 0 Å². The number of para-hydroxylation sites is 1. The highest BCUT2D eigenvalue weighted by Gasteiger charge is 2.47. The molecule has 2 aromatic carbocycles. The van der Waals surface area contributed by atoms with Gasteiger partial charge >= 0.3 is 6.18 Å². The molecule has 0 aliphatic carbocycles. The Bertz CT molecular complexity index is 976. The van der Waals surface area contributed by atoms with Gasteiger partial charge in [0.2, 0.25) is 0 Å². The monoisotopic (exact) mass is 372 g/mol. The Morgan fingerprint density at radius 3 is 2.56 bits per heavy atom. The molecule has 0 spiro atoms. The second-order valence-electron chi connectivity index (χ2n) is 7.81. The van der Waals surface area contributed by atoms with Crippen LogP contribution < -0.4 is 4.90 Å². The molecule has 2 aliphatic heterocycles. The highest BCUT2D eigenvalue weighted by molar-refractivity contribution is 6.55. The van der Waals surface area contributed by atoms with Crippen LogP contribution in [0.25, 0.3) is 0 Å². The van der Waals surface area contributed by atoms with Gasteiger partial charge in [0.1, 0.15) is 5.71 Å². The van der Waals surface area contributed by atoms with E-state index in [4.69, 9.17) is 0 Å². The molecule has 0 aromatic heterocycles. The maximum atomic E-state index is 13.2. The van der Waals surface area contributed by atoms with Crippen molar-refractivity contribution in [1.82, 2.24) is 0 Å². The average Bonchev–Trinajstić information content (AvgIpc) is 2.86. The van der Waals surface area contributed by atoms with Gasteiger partial charge in [-0.1, -0.05) is 31.2 Å². The molecule has 6 heteroatoms. The lowest BCUT2D eigenvalue weighted by atomic mass is 9.80. The Morgan fingerprint density at radius 2 is 1.85 bits per heavy atom. The number of anilines is 1. The van der Waals surface area contributed by atoms with Crippen molar-refractivity contribution in [1.29, 1.82) is 0 Å². The number of amides is 1. The van der Waals surface area contributed by atoms with Gasteiger partial charge in [-0.2, -0.15) is 13.2 Å². The lowest BCUT2D eigenvalue weighted by Gasteiger charge is -2.43. The predicted molar refractivity (Wildman–Crippen MR) is 98.7 cm³/mol. The fourth-order valence-corrected chi connectivity index (χ4v) is 4.24. The zero-order valence-corrected chi connectivity index (χ0v) is 15.3. The van der Waals surface area contributed by atoms with Gasteiger partial charge in [0.05, 0.1) is 16.9 Å². The van der Waals surface area contributed by atoms with Crippen LogP contribution in [0.15, 0.2) is 47.5 Å². The molecule has 2 aromatic rings. The lowest BCUT2D eigenvalue weighted by molar-refractivity contribution is -0.137. The molecule has 1 amide bonds. The maximum absolute atomic E-state index is 13.2. The molecule has 0 radical (unpaired) electrons. The second-order valence-corrected chi connectivity index (χ2v) is 7.81. The van der Waals surface area contributed by atoms with Crippen LogP contribution in [0.2, 0.25) is 0 Å². The standard InChI is InChI=1S/C21H19F3N2O/c1-12-11-20(2,3)26-18-15(12)8-5-9-16(18)17(19(26)27)25-14-7-4-6-13(10-14)21(22,23)24/h4-10,12H,11H2,1-3H3/t12-/m0/s1. The number of aliphatic imine (C=N–C) groups is 1. The van der Waals surface area contributed by atoms with Gasteiger partial charge in [0.25, 0.3) is 5.91 Å². The number of halogens is 3. The molecular weight excluding hydrogens is 353 g/mol. The Hall–Kier alpha value is -2.63. The molecule has 0 fully saturated rings. The predicted octanol–water partition coefficient (Wildman–Crippen LogP) is 5.46. The summed E-state index contributed by atoms with van der Waals surface area (Å²) < 4.78 is 39.0. The molecule has 2 aliphatic rings. The highest BCUT2D eigenvalue weighted by Crippen LogP contribution is 2.48. The van der Waals surface area contributed by atoms with Crippen LogP contribution in [0.5, 0.6) is 0 Å². The summed E-state index contributed by atoms with van der Waals surface area (Å²) in [5, 5.41) is 0. The molecule has 4 rings (SSSR count). The molecule has 0 saturated carbocycles. The van der Waals surface area contributed by atoms with Crippen LogP contribution in [0.4, 0.5) is 24.5 Å². The minimum absolute atomic E-state index is 0.122.